The van der Waals surface area contributed by atoms with Crippen LogP contribution < -0.4 is 4.74 Å². The highest BCUT2D eigenvalue weighted by molar-refractivity contribution is 6.22. The first-order chi connectivity index (χ1) is 14.3. The minimum absolute atomic E-state index is 0.128. The van der Waals surface area contributed by atoms with Gasteiger partial charge in [-0.25, -0.2) is 4.79 Å². The van der Waals surface area contributed by atoms with Crippen LogP contribution >= 0.6 is 0 Å². The smallest absolute Gasteiger partial charge is 0.329 e. The van der Waals surface area contributed by atoms with Gasteiger partial charge in [0.15, 0.2) is 5.78 Å². The van der Waals surface area contributed by atoms with E-state index >= 15 is 0 Å². The van der Waals surface area contributed by atoms with E-state index in [9.17, 15) is 19.2 Å². The summed E-state index contributed by atoms with van der Waals surface area (Å²) in [6.07, 6.45) is 0. The summed E-state index contributed by atoms with van der Waals surface area (Å²) in [7, 11) is 1.48. The molecule has 0 unspecified atom stereocenters. The molecule has 0 aliphatic carbocycles. The number of nitrogens with zero attached hydrogens (tertiary/aromatic N) is 1. The van der Waals surface area contributed by atoms with Crippen molar-refractivity contribution in [2.75, 3.05) is 7.11 Å². The molecule has 0 aromatic heterocycles. The minimum Gasteiger partial charge on any atom is -0.496 e. The fourth-order valence-corrected chi connectivity index (χ4v) is 3.48. The average Bonchev–Trinajstić information content (AvgIpc) is 2.97. The molecule has 156 valence electrons. The number of hydrogen-bond donors (Lipinski definition) is 0. The summed E-state index contributed by atoms with van der Waals surface area (Å²) < 4.78 is 10.7. The molecular weight excluding hydrogens is 386 g/mol. The minimum atomic E-state index is -1.07. The number of hydrogen-bond acceptors (Lipinski definition) is 6. The Morgan fingerprint density at radius 3 is 2.10 bits per heavy atom. The summed E-state index contributed by atoms with van der Waals surface area (Å²) in [5.74, 6) is -1.74. The number of imide groups is 1. The molecule has 0 spiro atoms. The lowest BCUT2D eigenvalue weighted by Gasteiger charge is -2.27. The van der Waals surface area contributed by atoms with Crippen molar-refractivity contribution in [3.63, 3.8) is 0 Å². The standard InChI is InChI=1S/C23H23NO6/c1-13(2)20(24-21(26)17-7-5-6-8-18(17)22(24)27)23(28)30-12-16-11-15(14(3)25)9-10-19(16)29-4/h5-11,13,20H,12H2,1-4H3/t20-/m0/s1. The molecule has 0 radical (unpaired) electrons. The van der Waals surface area contributed by atoms with E-state index in [4.69, 9.17) is 9.47 Å². The van der Waals surface area contributed by atoms with Gasteiger partial charge in [0.05, 0.1) is 18.2 Å². The van der Waals surface area contributed by atoms with Crippen molar-refractivity contribution in [1.82, 2.24) is 4.90 Å². The molecule has 0 saturated heterocycles. The van der Waals surface area contributed by atoms with Crippen LogP contribution in [-0.4, -0.2) is 41.6 Å². The van der Waals surface area contributed by atoms with Crippen molar-refractivity contribution in [3.8, 4) is 5.75 Å². The molecule has 1 aliphatic rings. The second-order valence-corrected chi connectivity index (χ2v) is 7.41. The van der Waals surface area contributed by atoms with Gasteiger partial charge in [-0.1, -0.05) is 26.0 Å². The predicted molar refractivity (Wildman–Crippen MR) is 108 cm³/mol. The first-order valence-electron chi connectivity index (χ1n) is 9.57. The maximum absolute atomic E-state index is 12.9. The average molecular weight is 409 g/mol. The van der Waals surface area contributed by atoms with E-state index in [1.165, 1.54) is 14.0 Å². The second-order valence-electron chi connectivity index (χ2n) is 7.41. The number of amides is 2. The van der Waals surface area contributed by atoms with Gasteiger partial charge in [0.2, 0.25) is 0 Å². The zero-order chi connectivity index (χ0) is 22.0. The number of fused-ring (bicyclic) bond motifs is 1. The lowest BCUT2D eigenvalue weighted by molar-refractivity contribution is -0.151. The fourth-order valence-electron chi connectivity index (χ4n) is 3.48. The Morgan fingerprint density at radius 1 is 1.00 bits per heavy atom. The summed E-state index contributed by atoms with van der Waals surface area (Å²) >= 11 is 0. The third-order valence-electron chi connectivity index (χ3n) is 5.03. The third-order valence-corrected chi connectivity index (χ3v) is 5.03. The van der Waals surface area contributed by atoms with E-state index < -0.39 is 23.8 Å². The number of esters is 1. The number of ether oxygens (including phenoxy) is 2. The van der Waals surface area contributed by atoms with Gasteiger partial charge in [0.1, 0.15) is 18.4 Å². The number of benzene rings is 2. The topological polar surface area (TPSA) is 90.0 Å². The van der Waals surface area contributed by atoms with Gasteiger partial charge in [-0.05, 0) is 43.2 Å². The van der Waals surface area contributed by atoms with E-state index in [0.29, 0.717) is 16.9 Å². The van der Waals surface area contributed by atoms with Crippen LogP contribution in [0.3, 0.4) is 0 Å². The van der Waals surface area contributed by atoms with E-state index in [0.717, 1.165) is 4.90 Å². The maximum atomic E-state index is 12.9. The van der Waals surface area contributed by atoms with Crippen molar-refractivity contribution < 1.29 is 28.7 Å². The predicted octanol–water partition coefficient (Wildman–Crippen LogP) is 3.26. The first kappa shape index (κ1) is 21.2. The summed E-state index contributed by atoms with van der Waals surface area (Å²) in [5, 5.41) is 0. The molecule has 2 aromatic rings. The van der Waals surface area contributed by atoms with Crippen LogP contribution in [0.25, 0.3) is 0 Å². The zero-order valence-electron chi connectivity index (χ0n) is 17.3. The van der Waals surface area contributed by atoms with Crippen LogP contribution in [0.2, 0.25) is 0 Å². The Balaban J connectivity index is 1.83. The molecule has 0 saturated carbocycles. The van der Waals surface area contributed by atoms with Crippen molar-refractivity contribution >= 4 is 23.6 Å². The lowest BCUT2D eigenvalue weighted by Crippen LogP contribution is -2.48. The second kappa shape index (κ2) is 8.49. The molecule has 2 amide bonds. The fraction of sp³-hybridized carbons (Fsp3) is 0.304. The molecule has 0 bridgehead atoms. The molecule has 1 heterocycles. The molecule has 7 nitrogen and oxygen atoms in total. The van der Waals surface area contributed by atoms with Crippen molar-refractivity contribution in [2.24, 2.45) is 5.92 Å². The van der Waals surface area contributed by atoms with Crippen LogP contribution in [0.15, 0.2) is 42.5 Å². The summed E-state index contributed by atoms with van der Waals surface area (Å²) in [6, 6.07) is 10.3. The van der Waals surface area contributed by atoms with Crippen molar-refractivity contribution in [3.05, 3.63) is 64.7 Å². The molecule has 3 rings (SSSR count). The number of methoxy groups -OCH3 is 1. The van der Waals surface area contributed by atoms with Crippen molar-refractivity contribution in [1.29, 1.82) is 0 Å². The summed E-state index contributed by atoms with van der Waals surface area (Å²) in [4.78, 5) is 51.1. The van der Waals surface area contributed by atoms with E-state index in [1.807, 2.05) is 0 Å². The van der Waals surface area contributed by atoms with E-state index in [1.54, 1.807) is 56.3 Å². The third kappa shape index (κ3) is 3.83. The quantitative estimate of drug-likeness (QED) is 0.396. The van der Waals surface area contributed by atoms with Gasteiger partial charge >= 0.3 is 5.97 Å². The van der Waals surface area contributed by atoms with Gasteiger partial charge in [0, 0.05) is 11.1 Å². The van der Waals surface area contributed by atoms with Gasteiger partial charge in [0.25, 0.3) is 11.8 Å². The lowest BCUT2D eigenvalue weighted by atomic mass is 10.0. The Labute approximate surface area is 174 Å². The SMILES string of the molecule is COc1ccc(C(C)=O)cc1COC(=O)[C@H](C(C)C)N1C(=O)c2ccccc2C1=O. The Kier molecular flexibility index (Phi) is 6.01. The van der Waals surface area contributed by atoms with Crippen LogP contribution in [0.1, 0.15) is 57.4 Å². The monoisotopic (exact) mass is 409 g/mol. The summed E-state index contributed by atoms with van der Waals surface area (Å²) in [6.45, 7) is 4.77. The largest absolute Gasteiger partial charge is 0.496 e. The Hall–Kier alpha value is -3.48. The number of Topliss-reactive ketones (excluding diaryl/α,β-unsaturated/α-hetero) is 1. The van der Waals surface area contributed by atoms with Crippen molar-refractivity contribution in [2.45, 2.75) is 33.4 Å². The van der Waals surface area contributed by atoms with Crippen LogP contribution in [0, 0.1) is 5.92 Å². The van der Waals surface area contributed by atoms with Gasteiger partial charge in [-0.2, -0.15) is 0 Å². The molecule has 2 aromatic carbocycles. The number of carbonyl (C=O) groups excluding carboxylic acids is 4. The summed E-state index contributed by atoms with van der Waals surface area (Å²) in [5.41, 5.74) is 1.53. The number of carbonyl (C=O) groups is 4. The van der Waals surface area contributed by atoms with Crippen LogP contribution in [0.4, 0.5) is 0 Å². The highest BCUT2D eigenvalue weighted by atomic mass is 16.5. The highest BCUT2D eigenvalue weighted by Crippen LogP contribution is 2.28. The van der Waals surface area contributed by atoms with E-state index in [2.05, 4.69) is 0 Å². The van der Waals surface area contributed by atoms with Gasteiger partial charge in [-0.15, -0.1) is 0 Å². The molecule has 1 atom stereocenters. The number of ketones is 1. The Morgan fingerprint density at radius 2 is 1.60 bits per heavy atom. The molecule has 0 fully saturated rings. The maximum Gasteiger partial charge on any atom is 0.329 e. The molecule has 1 aliphatic heterocycles. The van der Waals surface area contributed by atoms with Crippen LogP contribution in [0.5, 0.6) is 5.75 Å². The Bertz CT molecular complexity index is 991. The molecule has 30 heavy (non-hydrogen) atoms. The van der Waals surface area contributed by atoms with Gasteiger partial charge in [-0.3, -0.25) is 19.3 Å². The number of rotatable bonds is 7. The molecular formula is C23H23NO6. The zero-order valence-corrected chi connectivity index (χ0v) is 17.3. The van der Waals surface area contributed by atoms with Gasteiger partial charge < -0.3 is 9.47 Å². The normalized spacial score (nSPS) is 14.0. The molecule has 0 N–H and O–H groups in total. The van der Waals surface area contributed by atoms with Crippen LogP contribution in [-0.2, 0) is 16.1 Å². The molecule has 7 heteroatoms. The first-order valence-corrected chi connectivity index (χ1v) is 9.57. The van der Waals surface area contributed by atoms with E-state index in [-0.39, 0.29) is 29.4 Å². The highest BCUT2D eigenvalue weighted by Gasteiger charge is 2.44.